The van der Waals surface area contributed by atoms with Gasteiger partial charge in [0.05, 0.1) is 13.2 Å². The second kappa shape index (κ2) is 5.88. The molecule has 0 amide bonds. The molecule has 0 rings (SSSR count). The number of rotatable bonds is 4. The van der Waals surface area contributed by atoms with Crippen LogP contribution in [0.25, 0.3) is 0 Å². The third-order valence-electron chi connectivity index (χ3n) is 0.516. The standard InChI is InChI=1S/C4H11NO2/c6-3-1-5-2-4-7/h5-7H,1-4H2/i/hT. The van der Waals surface area contributed by atoms with Gasteiger partial charge < -0.3 is 15.5 Å². The fraction of sp³-hybridized carbons (Fsp3) is 1.00. The topological polar surface area (TPSA) is 52.5 Å². The van der Waals surface area contributed by atoms with Crippen molar-refractivity contribution in [2.24, 2.45) is 0 Å². The van der Waals surface area contributed by atoms with Crippen LogP contribution in [0.1, 0.15) is 0 Å². The quantitative estimate of drug-likeness (QED) is 0.412. The van der Waals surface area contributed by atoms with Gasteiger partial charge in [-0.1, -0.05) is 0 Å². The van der Waals surface area contributed by atoms with Crippen LogP contribution in [-0.4, -0.2) is 36.5 Å². The first-order valence-electron chi connectivity index (χ1n) is 2.71. The van der Waals surface area contributed by atoms with E-state index in [0.29, 0.717) is 13.1 Å². The molecule has 0 bridgehead atoms. The zero-order valence-corrected chi connectivity index (χ0v) is 4.17. The van der Waals surface area contributed by atoms with E-state index in [1.165, 1.54) is 0 Å². The van der Waals surface area contributed by atoms with Gasteiger partial charge in [0.1, 0.15) is 1.41 Å². The molecule has 0 spiro atoms. The predicted octanol–water partition coefficient (Wildman–Crippen LogP) is -1.44. The SMILES string of the molecule is [3H]N(CCO)CCO. The van der Waals surface area contributed by atoms with Crippen LogP contribution in [-0.2, 0) is 0 Å². The Labute approximate surface area is 44.4 Å². The molecule has 3 N–H and O–H groups in total. The summed E-state index contributed by atoms with van der Waals surface area (Å²) in [5, 5.41) is 17.6. The molecule has 0 aromatic heterocycles. The molecule has 0 radical (unpaired) electrons. The van der Waals surface area contributed by atoms with Gasteiger partial charge >= 0.3 is 0 Å². The van der Waals surface area contributed by atoms with Crippen LogP contribution in [0.2, 0.25) is 1.41 Å². The van der Waals surface area contributed by atoms with E-state index < -0.39 is 0 Å². The highest BCUT2D eigenvalue weighted by Crippen LogP contribution is 1.54. The van der Waals surface area contributed by atoms with Crippen molar-refractivity contribution in [2.45, 2.75) is 0 Å². The van der Waals surface area contributed by atoms with E-state index >= 15 is 0 Å². The third kappa shape index (κ3) is 5.88. The maximum atomic E-state index is 8.22. The Hall–Kier alpha value is -0.120. The molecule has 7 heavy (non-hydrogen) atoms. The van der Waals surface area contributed by atoms with Crippen molar-refractivity contribution >= 4 is 0 Å². The van der Waals surface area contributed by atoms with Crippen molar-refractivity contribution in [1.82, 2.24) is 5.31 Å². The predicted molar refractivity (Wildman–Crippen MR) is 27.0 cm³/mol. The minimum Gasteiger partial charge on any atom is -0.395 e. The van der Waals surface area contributed by atoms with E-state index in [1.54, 1.807) is 0 Å². The summed E-state index contributed by atoms with van der Waals surface area (Å²) in [5.74, 6) is 0. The monoisotopic (exact) mass is 107 g/mol. The second-order valence-electron chi connectivity index (χ2n) is 1.12. The lowest BCUT2D eigenvalue weighted by atomic mass is 10.6. The summed E-state index contributed by atoms with van der Waals surface area (Å²) in [5.41, 5.74) is 0. The minimum atomic E-state index is -0.0243. The van der Waals surface area contributed by atoms with Crippen molar-refractivity contribution < 1.29 is 11.6 Å². The van der Waals surface area contributed by atoms with Gasteiger partial charge in [0, 0.05) is 13.1 Å². The van der Waals surface area contributed by atoms with Crippen LogP contribution in [0, 0.1) is 0 Å². The highest BCUT2D eigenvalue weighted by atomic mass is 16.3. The second-order valence-corrected chi connectivity index (χ2v) is 1.12. The van der Waals surface area contributed by atoms with Crippen molar-refractivity contribution in [2.75, 3.05) is 26.3 Å². The summed E-state index contributed by atoms with van der Waals surface area (Å²) in [4.78, 5) is 0. The summed E-state index contributed by atoms with van der Waals surface area (Å²) in [6.07, 6.45) is 0. The van der Waals surface area contributed by atoms with E-state index in [9.17, 15) is 0 Å². The van der Waals surface area contributed by atoms with Crippen LogP contribution in [0.5, 0.6) is 0 Å². The lowest BCUT2D eigenvalue weighted by Gasteiger charge is -1.94. The van der Waals surface area contributed by atoms with Crippen molar-refractivity contribution in [3.8, 4) is 0 Å². The van der Waals surface area contributed by atoms with Gasteiger partial charge in [-0.05, 0) is 0 Å². The number of aliphatic hydroxyl groups is 2. The van der Waals surface area contributed by atoms with E-state index in [4.69, 9.17) is 11.6 Å². The van der Waals surface area contributed by atoms with Crippen LogP contribution < -0.4 is 5.31 Å². The molecule has 44 valence electrons. The average molecular weight is 107 g/mol. The lowest BCUT2D eigenvalue weighted by Crippen LogP contribution is -2.21. The summed E-state index contributed by atoms with van der Waals surface area (Å²) in [6, 6.07) is 0. The Bertz CT molecular complexity index is 47.3. The maximum absolute atomic E-state index is 8.22. The highest BCUT2D eigenvalue weighted by molar-refractivity contribution is 4.39. The van der Waals surface area contributed by atoms with Crippen LogP contribution in [0.4, 0.5) is 0 Å². The Kier molecular flexibility index (Phi) is 4.22. The number of nitrogens with one attached hydrogen (secondary N) is 1. The van der Waals surface area contributed by atoms with Crippen LogP contribution in [0.15, 0.2) is 0 Å². The summed E-state index contributed by atoms with van der Waals surface area (Å²) >= 11 is 0. The fourth-order valence-electron chi connectivity index (χ4n) is 0.253. The van der Waals surface area contributed by atoms with Gasteiger partial charge in [-0.2, -0.15) is 0 Å². The van der Waals surface area contributed by atoms with Crippen molar-refractivity contribution in [1.29, 1.82) is 0 Å². The van der Waals surface area contributed by atoms with Crippen LogP contribution >= 0.6 is 0 Å². The summed E-state index contributed by atoms with van der Waals surface area (Å²) < 4.78 is 6.89. The molecule has 0 unspecified atom stereocenters. The summed E-state index contributed by atoms with van der Waals surface area (Å²) in [6.45, 7) is 0.564. The largest absolute Gasteiger partial charge is 0.395 e. The van der Waals surface area contributed by atoms with Gasteiger partial charge in [-0.3, -0.25) is 0 Å². The van der Waals surface area contributed by atoms with Gasteiger partial charge in [0.2, 0.25) is 0 Å². The van der Waals surface area contributed by atoms with E-state index in [0.717, 1.165) is 5.31 Å². The molecule has 0 atom stereocenters. The first-order valence-corrected chi connectivity index (χ1v) is 2.26. The number of hydrogen-bond donors (Lipinski definition) is 3. The molecule has 0 aromatic carbocycles. The molecule has 3 heteroatoms. The summed E-state index contributed by atoms with van der Waals surface area (Å²) in [7, 11) is 0. The Morgan fingerprint density at radius 3 is 2.00 bits per heavy atom. The van der Waals surface area contributed by atoms with E-state index in [-0.39, 0.29) is 13.2 Å². The molecule has 0 aliphatic carbocycles. The molecule has 0 fully saturated rings. The lowest BCUT2D eigenvalue weighted by molar-refractivity contribution is 0.267. The molecule has 0 aromatic rings. The molecular weight excluding hydrogens is 94.0 g/mol. The van der Waals surface area contributed by atoms with Crippen LogP contribution in [0.3, 0.4) is 0 Å². The maximum Gasteiger partial charge on any atom is 0.122 e. The third-order valence-corrected chi connectivity index (χ3v) is 0.516. The molecule has 0 saturated carbocycles. The van der Waals surface area contributed by atoms with Crippen molar-refractivity contribution in [3.05, 3.63) is 0 Å². The van der Waals surface area contributed by atoms with Gasteiger partial charge in [-0.15, -0.1) is 0 Å². The van der Waals surface area contributed by atoms with Gasteiger partial charge in [0.15, 0.2) is 0 Å². The van der Waals surface area contributed by atoms with E-state index in [2.05, 4.69) is 0 Å². The first kappa shape index (κ1) is 5.03. The molecule has 0 heterocycles. The molecule has 0 saturated heterocycles. The first-order chi connectivity index (χ1) is 3.81. The van der Waals surface area contributed by atoms with E-state index in [1.807, 2.05) is 0 Å². The minimum absolute atomic E-state index is 0.0243. The van der Waals surface area contributed by atoms with Crippen molar-refractivity contribution in [3.63, 3.8) is 0 Å². The number of hydrogen-bond acceptors (Lipinski definition) is 3. The normalized spacial score (nSPS) is 12.1. The highest BCUT2D eigenvalue weighted by Gasteiger charge is 1.78. The Morgan fingerprint density at radius 2 is 1.71 bits per heavy atom. The molecule has 3 nitrogen and oxygen atoms in total. The van der Waals surface area contributed by atoms with Gasteiger partial charge in [-0.25, -0.2) is 0 Å². The Morgan fingerprint density at radius 1 is 1.29 bits per heavy atom. The average Bonchev–Trinajstić information content (AvgIpc) is 1.68. The molecule has 0 aliphatic heterocycles. The number of aliphatic hydroxyl groups excluding tert-OH is 2. The molecule has 0 aliphatic rings. The zero-order valence-electron chi connectivity index (χ0n) is 5.17. The fourth-order valence-corrected chi connectivity index (χ4v) is 0.253. The smallest absolute Gasteiger partial charge is 0.122 e. The Balaban J connectivity index is 2.92. The molecular formula is C4H11NO2. The van der Waals surface area contributed by atoms with Gasteiger partial charge in [0.25, 0.3) is 0 Å². The zero-order chi connectivity index (χ0) is 6.41.